The van der Waals surface area contributed by atoms with Crippen LogP contribution in [-0.2, 0) is 11.3 Å². The summed E-state index contributed by atoms with van der Waals surface area (Å²) >= 11 is 0. The maximum atomic E-state index is 13.5. The number of halogens is 1. The van der Waals surface area contributed by atoms with Gasteiger partial charge in [0.25, 0.3) is 0 Å². The Bertz CT molecular complexity index is 758. The van der Waals surface area contributed by atoms with Crippen molar-refractivity contribution in [2.45, 2.75) is 6.54 Å². The molecule has 2 aromatic rings. The molecule has 0 N–H and O–H groups in total. The molecule has 0 fully saturated rings. The molecule has 2 aromatic carbocycles. The minimum atomic E-state index is -0.352. The van der Waals surface area contributed by atoms with E-state index in [0.717, 1.165) is 5.56 Å². The van der Waals surface area contributed by atoms with Gasteiger partial charge in [0.15, 0.2) is 11.5 Å². The molecule has 1 amide bonds. The quantitative estimate of drug-likeness (QED) is 0.814. The molecule has 0 spiro atoms. The molecule has 5 heteroatoms. The smallest absolute Gasteiger partial charge is 0.246 e. The van der Waals surface area contributed by atoms with E-state index in [-0.39, 0.29) is 18.5 Å². The first-order chi connectivity index (χ1) is 11.1. The van der Waals surface area contributed by atoms with Crippen molar-refractivity contribution in [3.63, 3.8) is 0 Å². The van der Waals surface area contributed by atoms with Crippen molar-refractivity contribution < 1.29 is 18.7 Å². The third-order valence-corrected chi connectivity index (χ3v) is 3.54. The second kappa shape index (κ2) is 6.52. The van der Waals surface area contributed by atoms with Gasteiger partial charge in [-0.3, -0.25) is 4.79 Å². The van der Waals surface area contributed by atoms with Crippen molar-refractivity contribution in [1.82, 2.24) is 4.90 Å². The number of fused-ring (bicyclic) bond motifs is 1. The van der Waals surface area contributed by atoms with Crippen LogP contribution in [0.4, 0.5) is 4.39 Å². The molecular weight excluding hydrogens is 297 g/mol. The molecule has 1 aliphatic rings. The molecule has 118 valence electrons. The highest BCUT2D eigenvalue weighted by atomic mass is 19.1. The van der Waals surface area contributed by atoms with Gasteiger partial charge in [-0.2, -0.15) is 0 Å². The van der Waals surface area contributed by atoms with E-state index in [1.165, 1.54) is 18.2 Å². The Balaban J connectivity index is 1.65. The van der Waals surface area contributed by atoms with Gasteiger partial charge in [0.1, 0.15) is 5.82 Å². The standard InChI is InChI=1S/C18H16FNO3/c1-20(11-13-6-8-16-17(10-13)23-12-22-16)18(21)9-7-14-4-2-3-5-15(14)19/h2-10H,11-12H2,1H3. The molecule has 0 unspecified atom stereocenters. The van der Waals surface area contributed by atoms with Gasteiger partial charge < -0.3 is 14.4 Å². The minimum absolute atomic E-state index is 0.203. The maximum absolute atomic E-state index is 13.5. The second-order valence-electron chi connectivity index (χ2n) is 5.24. The summed E-state index contributed by atoms with van der Waals surface area (Å²) in [7, 11) is 1.69. The van der Waals surface area contributed by atoms with Crippen LogP contribution in [-0.4, -0.2) is 24.6 Å². The number of hydrogen-bond donors (Lipinski definition) is 0. The van der Waals surface area contributed by atoms with Gasteiger partial charge in [-0.1, -0.05) is 24.3 Å². The van der Waals surface area contributed by atoms with E-state index in [0.29, 0.717) is 23.6 Å². The van der Waals surface area contributed by atoms with Crippen molar-refractivity contribution in [3.8, 4) is 11.5 Å². The lowest BCUT2D eigenvalue weighted by molar-refractivity contribution is -0.125. The highest BCUT2D eigenvalue weighted by molar-refractivity contribution is 5.91. The lowest BCUT2D eigenvalue weighted by Crippen LogP contribution is -2.24. The lowest BCUT2D eigenvalue weighted by Gasteiger charge is -2.15. The summed E-state index contributed by atoms with van der Waals surface area (Å²) < 4.78 is 24.1. The van der Waals surface area contributed by atoms with Crippen LogP contribution in [0.5, 0.6) is 11.5 Å². The van der Waals surface area contributed by atoms with E-state index in [1.54, 1.807) is 30.1 Å². The van der Waals surface area contributed by atoms with Crippen molar-refractivity contribution >= 4 is 12.0 Å². The fourth-order valence-corrected chi connectivity index (χ4v) is 2.29. The van der Waals surface area contributed by atoms with Crippen molar-refractivity contribution in [2.24, 2.45) is 0 Å². The number of nitrogens with zero attached hydrogens (tertiary/aromatic N) is 1. The number of benzene rings is 2. The van der Waals surface area contributed by atoms with Crippen LogP contribution < -0.4 is 9.47 Å². The average molecular weight is 313 g/mol. The van der Waals surface area contributed by atoms with Gasteiger partial charge in [0, 0.05) is 25.2 Å². The number of likely N-dealkylation sites (N-methyl/N-ethyl adjacent to an activating group) is 1. The zero-order chi connectivity index (χ0) is 16.2. The SMILES string of the molecule is CN(Cc1ccc2c(c1)OCO2)C(=O)C=Cc1ccccc1F. The molecule has 1 aliphatic heterocycles. The first-order valence-corrected chi connectivity index (χ1v) is 7.20. The Morgan fingerprint density at radius 3 is 2.83 bits per heavy atom. The molecule has 4 nitrogen and oxygen atoms in total. The predicted molar refractivity (Wildman–Crippen MR) is 84.5 cm³/mol. The molecule has 0 atom stereocenters. The zero-order valence-corrected chi connectivity index (χ0v) is 12.7. The average Bonchev–Trinajstić information content (AvgIpc) is 3.01. The summed E-state index contributed by atoms with van der Waals surface area (Å²) in [4.78, 5) is 13.7. The van der Waals surface area contributed by atoms with Gasteiger partial charge in [-0.25, -0.2) is 4.39 Å². The Morgan fingerprint density at radius 2 is 2.00 bits per heavy atom. The summed E-state index contributed by atoms with van der Waals surface area (Å²) in [6, 6.07) is 11.9. The number of hydrogen-bond acceptors (Lipinski definition) is 3. The monoisotopic (exact) mass is 313 g/mol. The molecule has 3 rings (SSSR count). The molecule has 0 aliphatic carbocycles. The number of carbonyl (C=O) groups is 1. The molecule has 1 heterocycles. The van der Waals surface area contributed by atoms with Crippen LogP contribution in [0.3, 0.4) is 0 Å². The van der Waals surface area contributed by atoms with E-state index in [1.807, 2.05) is 18.2 Å². The number of carbonyl (C=O) groups excluding carboxylic acids is 1. The summed E-state index contributed by atoms with van der Waals surface area (Å²) in [6.45, 7) is 0.649. The molecule has 23 heavy (non-hydrogen) atoms. The Morgan fingerprint density at radius 1 is 1.22 bits per heavy atom. The third kappa shape index (κ3) is 3.51. The van der Waals surface area contributed by atoms with Gasteiger partial charge in [0.2, 0.25) is 12.7 Å². The Kier molecular flexibility index (Phi) is 4.28. The molecule has 0 bridgehead atoms. The van der Waals surface area contributed by atoms with E-state index in [4.69, 9.17) is 9.47 Å². The van der Waals surface area contributed by atoms with Crippen molar-refractivity contribution in [1.29, 1.82) is 0 Å². The second-order valence-corrected chi connectivity index (χ2v) is 5.24. The fourth-order valence-electron chi connectivity index (χ4n) is 2.29. The summed E-state index contributed by atoms with van der Waals surface area (Å²) in [5, 5.41) is 0. The third-order valence-electron chi connectivity index (χ3n) is 3.54. The summed E-state index contributed by atoms with van der Waals surface area (Å²) in [5.41, 5.74) is 1.32. The van der Waals surface area contributed by atoms with E-state index in [2.05, 4.69) is 0 Å². The van der Waals surface area contributed by atoms with Crippen molar-refractivity contribution in [3.05, 3.63) is 65.5 Å². The normalized spacial score (nSPS) is 12.6. The van der Waals surface area contributed by atoms with Gasteiger partial charge in [-0.05, 0) is 29.8 Å². The Hall–Kier alpha value is -2.82. The zero-order valence-electron chi connectivity index (χ0n) is 12.7. The number of ether oxygens (including phenoxy) is 2. The van der Waals surface area contributed by atoms with E-state index < -0.39 is 0 Å². The summed E-state index contributed by atoms with van der Waals surface area (Å²) in [5.74, 6) is 0.841. The molecule has 0 saturated heterocycles. The fraction of sp³-hybridized carbons (Fsp3) is 0.167. The molecule has 0 saturated carbocycles. The molecular formula is C18H16FNO3. The van der Waals surface area contributed by atoms with Crippen LogP contribution in [0.15, 0.2) is 48.5 Å². The highest BCUT2D eigenvalue weighted by Crippen LogP contribution is 2.32. The first-order valence-electron chi connectivity index (χ1n) is 7.20. The number of amides is 1. The minimum Gasteiger partial charge on any atom is -0.454 e. The highest BCUT2D eigenvalue weighted by Gasteiger charge is 2.14. The van der Waals surface area contributed by atoms with Crippen LogP contribution in [0.1, 0.15) is 11.1 Å². The van der Waals surface area contributed by atoms with Gasteiger partial charge in [-0.15, -0.1) is 0 Å². The maximum Gasteiger partial charge on any atom is 0.246 e. The van der Waals surface area contributed by atoms with Crippen LogP contribution in [0.25, 0.3) is 6.08 Å². The number of rotatable bonds is 4. The van der Waals surface area contributed by atoms with Gasteiger partial charge >= 0.3 is 0 Å². The molecule has 0 aromatic heterocycles. The molecule has 0 radical (unpaired) electrons. The van der Waals surface area contributed by atoms with Crippen molar-refractivity contribution in [2.75, 3.05) is 13.8 Å². The largest absolute Gasteiger partial charge is 0.454 e. The summed E-state index contributed by atoms with van der Waals surface area (Å²) in [6.07, 6.45) is 2.85. The van der Waals surface area contributed by atoms with Crippen LogP contribution in [0.2, 0.25) is 0 Å². The first kappa shape index (κ1) is 15.1. The lowest BCUT2D eigenvalue weighted by atomic mass is 10.2. The van der Waals surface area contributed by atoms with E-state index in [9.17, 15) is 9.18 Å². The van der Waals surface area contributed by atoms with Crippen LogP contribution in [0, 0.1) is 5.82 Å². The predicted octanol–water partition coefficient (Wildman–Crippen LogP) is 3.23. The van der Waals surface area contributed by atoms with Crippen LogP contribution >= 0.6 is 0 Å². The van der Waals surface area contributed by atoms with Gasteiger partial charge in [0.05, 0.1) is 0 Å². The topological polar surface area (TPSA) is 38.8 Å². The van der Waals surface area contributed by atoms with E-state index >= 15 is 0 Å². The Labute approximate surface area is 133 Å².